The SMILES string of the molecule is COC1CN(C(=O)c2cc(S(=O)(=O)Cl)c(C)s2)CC1OC. The van der Waals surface area contributed by atoms with E-state index in [1.807, 2.05) is 0 Å². The van der Waals surface area contributed by atoms with Gasteiger partial charge in [-0.15, -0.1) is 11.3 Å². The Kier molecular flexibility index (Phi) is 4.94. The molecule has 0 saturated carbocycles. The third-order valence-corrected chi connectivity index (χ3v) is 6.07. The van der Waals surface area contributed by atoms with Crippen LogP contribution in [0.25, 0.3) is 0 Å². The van der Waals surface area contributed by atoms with Crippen molar-refractivity contribution in [3.8, 4) is 0 Å². The number of ether oxygens (including phenoxy) is 2. The Morgan fingerprint density at radius 2 is 1.86 bits per heavy atom. The Hall–Kier alpha value is -0.670. The van der Waals surface area contributed by atoms with Crippen molar-refractivity contribution >= 4 is 37.0 Å². The van der Waals surface area contributed by atoms with E-state index in [1.54, 1.807) is 26.0 Å². The van der Waals surface area contributed by atoms with Crippen LogP contribution in [-0.4, -0.2) is 58.7 Å². The summed E-state index contributed by atoms with van der Waals surface area (Å²) >= 11 is 1.12. The predicted octanol–water partition coefficient (Wildman–Crippen LogP) is 1.47. The minimum absolute atomic E-state index is 0.0108. The molecular weight excluding hydrogens is 338 g/mol. The van der Waals surface area contributed by atoms with E-state index in [0.29, 0.717) is 22.8 Å². The van der Waals surface area contributed by atoms with Gasteiger partial charge in [-0.3, -0.25) is 4.79 Å². The lowest BCUT2D eigenvalue weighted by Crippen LogP contribution is -2.29. The topological polar surface area (TPSA) is 72.9 Å². The van der Waals surface area contributed by atoms with Gasteiger partial charge in [-0.25, -0.2) is 8.42 Å². The van der Waals surface area contributed by atoms with Gasteiger partial charge in [0.25, 0.3) is 15.0 Å². The quantitative estimate of drug-likeness (QED) is 0.766. The molecule has 21 heavy (non-hydrogen) atoms. The van der Waals surface area contributed by atoms with Crippen LogP contribution in [0.4, 0.5) is 0 Å². The second kappa shape index (κ2) is 6.21. The Morgan fingerprint density at radius 3 is 2.24 bits per heavy atom. The number of amides is 1. The fourth-order valence-electron chi connectivity index (χ4n) is 2.33. The van der Waals surface area contributed by atoms with Gasteiger partial charge in [0.2, 0.25) is 0 Å². The van der Waals surface area contributed by atoms with Crippen LogP contribution in [-0.2, 0) is 18.5 Å². The molecule has 0 radical (unpaired) electrons. The first kappa shape index (κ1) is 16.7. The average Bonchev–Trinajstić information content (AvgIpc) is 3.00. The number of likely N-dealkylation sites (tertiary alicyclic amines) is 1. The molecule has 9 heteroatoms. The molecule has 0 bridgehead atoms. The minimum atomic E-state index is -3.84. The van der Waals surface area contributed by atoms with E-state index in [0.717, 1.165) is 11.3 Å². The minimum Gasteiger partial charge on any atom is -0.377 e. The molecule has 1 aliphatic heterocycles. The van der Waals surface area contributed by atoms with Crippen LogP contribution >= 0.6 is 22.0 Å². The maximum atomic E-state index is 12.4. The highest BCUT2D eigenvalue weighted by atomic mass is 35.7. The van der Waals surface area contributed by atoms with E-state index >= 15 is 0 Å². The smallest absolute Gasteiger partial charge is 0.264 e. The maximum Gasteiger partial charge on any atom is 0.264 e. The van der Waals surface area contributed by atoms with Crippen molar-refractivity contribution in [3.05, 3.63) is 15.8 Å². The molecule has 2 heterocycles. The average molecular weight is 354 g/mol. The fraction of sp³-hybridized carbons (Fsp3) is 0.583. The zero-order chi connectivity index (χ0) is 15.8. The summed E-state index contributed by atoms with van der Waals surface area (Å²) in [5.74, 6) is -0.240. The molecule has 1 fully saturated rings. The zero-order valence-electron chi connectivity index (χ0n) is 11.8. The predicted molar refractivity (Wildman–Crippen MR) is 79.6 cm³/mol. The van der Waals surface area contributed by atoms with Gasteiger partial charge in [-0.2, -0.15) is 0 Å². The van der Waals surface area contributed by atoms with Gasteiger partial charge in [0.1, 0.15) is 12.2 Å². The van der Waals surface area contributed by atoms with Crippen LogP contribution in [0.15, 0.2) is 11.0 Å². The summed E-state index contributed by atoms with van der Waals surface area (Å²) in [4.78, 5) is 14.9. The third-order valence-electron chi connectivity index (χ3n) is 3.45. The number of hydrogen-bond acceptors (Lipinski definition) is 6. The van der Waals surface area contributed by atoms with E-state index in [1.165, 1.54) is 6.07 Å². The Balaban J connectivity index is 2.22. The number of nitrogens with zero attached hydrogens (tertiary/aromatic N) is 1. The number of halogens is 1. The van der Waals surface area contributed by atoms with Crippen LogP contribution < -0.4 is 0 Å². The molecule has 0 aromatic carbocycles. The Bertz CT molecular complexity index is 630. The van der Waals surface area contributed by atoms with Crippen LogP contribution in [0, 0.1) is 6.92 Å². The molecule has 0 N–H and O–H groups in total. The van der Waals surface area contributed by atoms with Crippen LogP contribution in [0.1, 0.15) is 14.5 Å². The van der Waals surface area contributed by atoms with E-state index in [2.05, 4.69) is 0 Å². The van der Waals surface area contributed by atoms with Crippen molar-refractivity contribution in [1.82, 2.24) is 4.90 Å². The molecule has 2 unspecified atom stereocenters. The van der Waals surface area contributed by atoms with Gasteiger partial charge in [0, 0.05) is 42.9 Å². The summed E-state index contributed by atoms with van der Waals surface area (Å²) in [6.45, 7) is 2.44. The lowest BCUT2D eigenvalue weighted by atomic mass is 10.3. The number of carbonyl (C=O) groups is 1. The molecule has 1 saturated heterocycles. The van der Waals surface area contributed by atoms with Crippen molar-refractivity contribution in [3.63, 3.8) is 0 Å². The lowest BCUT2D eigenvalue weighted by molar-refractivity contribution is -0.00461. The van der Waals surface area contributed by atoms with E-state index in [4.69, 9.17) is 20.2 Å². The number of rotatable bonds is 4. The highest BCUT2D eigenvalue weighted by Gasteiger charge is 2.36. The molecule has 1 amide bonds. The molecule has 1 aromatic rings. The van der Waals surface area contributed by atoms with Crippen molar-refractivity contribution in [2.75, 3.05) is 27.3 Å². The monoisotopic (exact) mass is 353 g/mol. The van der Waals surface area contributed by atoms with Gasteiger partial charge in [-0.05, 0) is 13.0 Å². The molecule has 118 valence electrons. The van der Waals surface area contributed by atoms with Crippen molar-refractivity contribution in [1.29, 1.82) is 0 Å². The second-order valence-corrected chi connectivity index (χ2v) is 8.52. The van der Waals surface area contributed by atoms with Gasteiger partial charge >= 0.3 is 0 Å². The first-order valence-electron chi connectivity index (χ1n) is 6.18. The summed E-state index contributed by atoms with van der Waals surface area (Å²) in [5, 5.41) is 0. The summed E-state index contributed by atoms with van der Waals surface area (Å²) < 4.78 is 33.4. The highest BCUT2D eigenvalue weighted by Crippen LogP contribution is 2.30. The van der Waals surface area contributed by atoms with E-state index in [9.17, 15) is 13.2 Å². The molecule has 2 atom stereocenters. The molecule has 1 aromatic heterocycles. The normalized spacial score (nSPS) is 22.8. The fourth-order valence-corrected chi connectivity index (χ4v) is 4.96. The van der Waals surface area contributed by atoms with Crippen molar-refractivity contribution in [2.24, 2.45) is 0 Å². The Morgan fingerprint density at radius 1 is 1.33 bits per heavy atom. The van der Waals surface area contributed by atoms with Gasteiger partial charge < -0.3 is 14.4 Å². The van der Waals surface area contributed by atoms with Crippen LogP contribution in [0.2, 0.25) is 0 Å². The molecule has 0 aliphatic carbocycles. The third kappa shape index (κ3) is 3.40. The number of thiophene rings is 1. The summed E-state index contributed by atoms with van der Waals surface area (Å²) in [6, 6.07) is 1.33. The summed E-state index contributed by atoms with van der Waals surface area (Å²) in [6.07, 6.45) is -0.368. The van der Waals surface area contributed by atoms with E-state index < -0.39 is 9.05 Å². The molecule has 1 aliphatic rings. The number of carbonyl (C=O) groups excluding carboxylic acids is 1. The van der Waals surface area contributed by atoms with Crippen molar-refractivity contribution in [2.45, 2.75) is 24.0 Å². The van der Waals surface area contributed by atoms with Crippen molar-refractivity contribution < 1.29 is 22.7 Å². The number of aryl methyl sites for hydroxylation is 1. The summed E-state index contributed by atoms with van der Waals surface area (Å²) in [5.41, 5.74) is 0. The molecule has 2 rings (SSSR count). The molecular formula is C12H16ClNO5S2. The Labute approximate surface area is 132 Å². The highest BCUT2D eigenvalue weighted by molar-refractivity contribution is 8.13. The number of methoxy groups -OCH3 is 2. The van der Waals surface area contributed by atoms with Gasteiger partial charge in [0.05, 0.1) is 9.77 Å². The zero-order valence-corrected chi connectivity index (χ0v) is 14.2. The molecule has 0 spiro atoms. The lowest BCUT2D eigenvalue weighted by Gasteiger charge is -2.14. The second-order valence-electron chi connectivity index (χ2n) is 4.73. The molecule has 6 nitrogen and oxygen atoms in total. The first-order valence-corrected chi connectivity index (χ1v) is 9.30. The van der Waals surface area contributed by atoms with Gasteiger partial charge in [0.15, 0.2) is 0 Å². The largest absolute Gasteiger partial charge is 0.377 e. The first-order chi connectivity index (χ1) is 9.77. The summed E-state index contributed by atoms with van der Waals surface area (Å²) in [7, 11) is 4.64. The van der Waals surface area contributed by atoms with Crippen LogP contribution in [0.5, 0.6) is 0 Å². The van der Waals surface area contributed by atoms with E-state index in [-0.39, 0.29) is 23.0 Å². The number of hydrogen-bond donors (Lipinski definition) is 0. The standard InChI is InChI=1S/C12H16ClNO5S2/c1-7-11(21(13,16)17)4-10(20-7)12(15)14-5-8(18-2)9(6-14)19-3/h4,8-9H,5-6H2,1-3H3. The van der Waals surface area contributed by atoms with Gasteiger partial charge in [-0.1, -0.05) is 0 Å². The van der Waals surface area contributed by atoms with Crippen LogP contribution in [0.3, 0.4) is 0 Å². The maximum absolute atomic E-state index is 12.4.